The lowest BCUT2D eigenvalue weighted by molar-refractivity contribution is 0.0891. The number of Topliss-reactive ketones (excluding diaryl/α,β-unsaturated/α-hetero) is 1. The van der Waals surface area contributed by atoms with Crippen LogP contribution < -0.4 is 0 Å². The fourth-order valence-electron chi connectivity index (χ4n) is 2.89. The Bertz CT molecular complexity index is 602. The second-order valence-corrected chi connectivity index (χ2v) is 8.94. The molecule has 0 radical (unpaired) electrons. The topological polar surface area (TPSA) is 51.2 Å². The summed E-state index contributed by atoms with van der Waals surface area (Å²) < 4.78 is 24.2. The van der Waals surface area contributed by atoms with Crippen LogP contribution in [0.4, 0.5) is 0 Å². The second kappa shape index (κ2) is 5.98. The molecule has 2 rings (SSSR count). The van der Waals surface area contributed by atoms with E-state index in [0.29, 0.717) is 18.4 Å². The first-order chi connectivity index (χ1) is 9.27. The number of hydrogen-bond acceptors (Lipinski definition) is 3. The molecule has 0 N–H and O–H groups in total. The van der Waals surface area contributed by atoms with Gasteiger partial charge in [-0.05, 0) is 49.9 Å². The van der Waals surface area contributed by atoms with Gasteiger partial charge in [-0.25, -0.2) is 8.42 Å². The van der Waals surface area contributed by atoms with E-state index in [1.807, 2.05) is 25.1 Å². The van der Waals surface area contributed by atoms with Gasteiger partial charge < -0.3 is 0 Å². The van der Waals surface area contributed by atoms with E-state index in [2.05, 4.69) is 15.9 Å². The second-order valence-electron chi connectivity index (χ2n) is 5.70. The zero-order valence-corrected chi connectivity index (χ0v) is 14.1. The van der Waals surface area contributed by atoms with Gasteiger partial charge in [0.1, 0.15) is 9.84 Å². The van der Waals surface area contributed by atoms with Gasteiger partial charge in [-0.15, -0.1) is 0 Å². The number of carbonyl (C=O) groups is 1. The number of rotatable bonds is 3. The van der Waals surface area contributed by atoms with Gasteiger partial charge in [-0.1, -0.05) is 22.4 Å². The summed E-state index contributed by atoms with van der Waals surface area (Å²) in [6, 6.07) is 5.65. The van der Waals surface area contributed by atoms with Gasteiger partial charge in [0.2, 0.25) is 0 Å². The number of ketones is 1. The highest BCUT2D eigenvalue weighted by molar-refractivity contribution is 9.10. The van der Waals surface area contributed by atoms with Crippen molar-refractivity contribution in [3.05, 3.63) is 33.8 Å². The molecule has 0 aliphatic heterocycles. The Morgan fingerprint density at radius 2 is 1.95 bits per heavy atom. The van der Waals surface area contributed by atoms with Gasteiger partial charge in [0, 0.05) is 22.2 Å². The van der Waals surface area contributed by atoms with Gasteiger partial charge in [0.15, 0.2) is 5.78 Å². The van der Waals surface area contributed by atoms with Crippen molar-refractivity contribution < 1.29 is 13.2 Å². The molecule has 5 heteroatoms. The van der Waals surface area contributed by atoms with Crippen molar-refractivity contribution in [2.75, 3.05) is 6.26 Å². The zero-order chi connectivity index (χ0) is 14.9. The minimum atomic E-state index is -3.05. The Kier molecular flexibility index (Phi) is 4.69. The molecule has 0 heterocycles. The Morgan fingerprint density at radius 3 is 2.55 bits per heavy atom. The highest BCUT2D eigenvalue weighted by atomic mass is 79.9. The average Bonchev–Trinajstić information content (AvgIpc) is 2.36. The average molecular weight is 359 g/mol. The molecule has 0 spiro atoms. The summed E-state index contributed by atoms with van der Waals surface area (Å²) in [5.74, 6) is -0.0973. The molecule has 0 bridgehead atoms. The summed E-state index contributed by atoms with van der Waals surface area (Å²) in [5.41, 5.74) is 1.70. The highest BCUT2D eigenvalue weighted by Gasteiger charge is 2.32. The molecule has 1 saturated carbocycles. The molecule has 1 fully saturated rings. The Hall–Kier alpha value is -0.680. The van der Waals surface area contributed by atoms with E-state index in [1.54, 1.807) is 0 Å². The van der Waals surface area contributed by atoms with Gasteiger partial charge in [0.25, 0.3) is 0 Å². The molecule has 0 aromatic heterocycles. The predicted molar refractivity (Wildman–Crippen MR) is 83.8 cm³/mol. The standard InChI is InChI=1S/C15H19BrO3S/c1-10-6-12(8-13(16)7-10)15(17)11-4-3-5-14(9-11)20(2,18)19/h6-8,11,14H,3-5,9H2,1-2H3. The van der Waals surface area contributed by atoms with Gasteiger partial charge in [-0.3, -0.25) is 4.79 Å². The molecule has 2 atom stereocenters. The van der Waals surface area contributed by atoms with Gasteiger partial charge in [-0.2, -0.15) is 0 Å². The monoisotopic (exact) mass is 358 g/mol. The molecule has 3 nitrogen and oxygen atoms in total. The molecule has 1 aromatic carbocycles. The molecule has 1 aliphatic rings. The van der Waals surface area contributed by atoms with Crippen molar-refractivity contribution in [1.82, 2.24) is 0 Å². The van der Waals surface area contributed by atoms with E-state index in [0.717, 1.165) is 22.9 Å². The van der Waals surface area contributed by atoms with Crippen LogP contribution in [0.3, 0.4) is 0 Å². The van der Waals surface area contributed by atoms with E-state index in [1.165, 1.54) is 6.26 Å². The lowest BCUT2D eigenvalue weighted by Crippen LogP contribution is -2.31. The summed E-state index contributed by atoms with van der Waals surface area (Å²) in [5, 5.41) is -0.363. The van der Waals surface area contributed by atoms with Crippen LogP contribution in [0.1, 0.15) is 41.6 Å². The fraction of sp³-hybridized carbons (Fsp3) is 0.533. The van der Waals surface area contributed by atoms with Gasteiger partial charge in [0.05, 0.1) is 5.25 Å². The lowest BCUT2D eigenvalue weighted by Gasteiger charge is -2.27. The number of hydrogen-bond donors (Lipinski definition) is 0. The Morgan fingerprint density at radius 1 is 1.25 bits per heavy atom. The van der Waals surface area contributed by atoms with Crippen molar-refractivity contribution >= 4 is 31.6 Å². The minimum Gasteiger partial charge on any atom is -0.294 e. The van der Waals surface area contributed by atoms with Crippen LogP contribution in [-0.2, 0) is 9.84 Å². The van der Waals surface area contributed by atoms with Crippen LogP contribution in [0.2, 0.25) is 0 Å². The first kappa shape index (κ1) is 15.7. The van der Waals surface area contributed by atoms with Crippen molar-refractivity contribution in [3.8, 4) is 0 Å². The third kappa shape index (κ3) is 3.70. The molecular weight excluding hydrogens is 340 g/mol. The minimum absolute atomic E-state index is 0.0720. The summed E-state index contributed by atoms with van der Waals surface area (Å²) >= 11 is 3.40. The fourth-order valence-corrected chi connectivity index (χ4v) is 4.67. The molecule has 1 aromatic rings. The van der Waals surface area contributed by atoms with E-state index in [4.69, 9.17) is 0 Å². The SMILES string of the molecule is Cc1cc(Br)cc(C(=O)C2CCCC(S(C)(=O)=O)C2)c1. The molecule has 0 saturated heterocycles. The quantitative estimate of drug-likeness (QED) is 0.776. The third-order valence-corrected chi connectivity index (χ3v) is 6.03. The first-order valence-corrected chi connectivity index (χ1v) is 9.52. The molecule has 1 aliphatic carbocycles. The van der Waals surface area contributed by atoms with E-state index in [-0.39, 0.29) is 17.0 Å². The molecule has 0 amide bonds. The van der Waals surface area contributed by atoms with Crippen LogP contribution in [0, 0.1) is 12.8 Å². The van der Waals surface area contributed by atoms with Crippen LogP contribution >= 0.6 is 15.9 Å². The number of sulfone groups is 1. The predicted octanol–water partition coefficient (Wildman–Crippen LogP) is 3.54. The smallest absolute Gasteiger partial charge is 0.166 e. The number of benzene rings is 1. The van der Waals surface area contributed by atoms with Crippen LogP contribution in [-0.4, -0.2) is 25.7 Å². The molecule has 2 unspecified atom stereocenters. The summed E-state index contributed by atoms with van der Waals surface area (Å²) in [7, 11) is -3.05. The third-order valence-electron chi connectivity index (χ3n) is 3.93. The summed E-state index contributed by atoms with van der Waals surface area (Å²) in [6.07, 6.45) is 4.01. The van der Waals surface area contributed by atoms with E-state index < -0.39 is 9.84 Å². The van der Waals surface area contributed by atoms with Crippen LogP contribution in [0.15, 0.2) is 22.7 Å². The highest BCUT2D eigenvalue weighted by Crippen LogP contribution is 2.31. The summed E-state index contributed by atoms with van der Waals surface area (Å²) in [6.45, 7) is 1.95. The number of aryl methyl sites for hydroxylation is 1. The maximum absolute atomic E-state index is 12.6. The molecule has 110 valence electrons. The zero-order valence-electron chi connectivity index (χ0n) is 11.7. The first-order valence-electron chi connectivity index (χ1n) is 6.77. The van der Waals surface area contributed by atoms with Gasteiger partial charge >= 0.3 is 0 Å². The lowest BCUT2D eigenvalue weighted by atomic mass is 9.83. The van der Waals surface area contributed by atoms with E-state index >= 15 is 0 Å². The van der Waals surface area contributed by atoms with Crippen molar-refractivity contribution in [3.63, 3.8) is 0 Å². The number of halogens is 1. The van der Waals surface area contributed by atoms with Crippen molar-refractivity contribution in [2.45, 2.75) is 37.9 Å². The van der Waals surface area contributed by atoms with E-state index in [9.17, 15) is 13.2 Å². The summed E-state index contributed by atoms with van der Waals surface area (Å²) in [4.78, 5) is 12.6. The maximum Gasteiger partial charge on any atom is 0.166 e. The normalized spacial score (nSPS) is 23.6. The van der Waals surface area contributed by atoms with Crippen molar-refractivity contribution in [2.24, 2.45) is 5.92 Å². The largest absolute Gasteiger partial charge is 0.294 e. The number of carbonyl (C=O) groups excluding carboxylic acids is 1. The molecule has 20 heavy (non-hydrogen) atoms. The van der Waals surface area contributed by atoms with Crippen LogP contribution in [0.5, 0.6) is 0 Å². The molecular formula is C15H19BrO3S. The Labute approximate surface area is 128 Å². The van der Waals surface area contributed by atoms with Crippen molar-refractivity contribution in [1.29, 1.82) is 0 Å². The van der Waals surface area contributed by atoms with Crippen LogP contribution in [0.25, 0.3) is 0 Å². The Balaban J connectivity index is 2.20. The maximum atomic E-state index is 12.6.